The molecule has 0 spiro atoms. The second-order valence-electron chi connectivity index (χ2n) is 2.90. The first-order chi connectivity index (χ1) is 6.61. The van der Waals surface area contributed by atoms with E-state index in [1.807, 2.05) is 0 Å². The van der Waals surface area contributed by atoms with Crippen LogP contribution in [0.5, 0.6) is 0 Å². The van der Waals surface area contributed by atoms with Crippen LogP contribution >= 0.6 is 11.3 Å². The monoisotopic (exact) mass is 211 g/mol. The van der Waals surface area contributed by atoms with Crippen LogP contribution in [0, 0.1) is 5.82 Å². The van der Waals surface area contributed by atoms with E-state index in [-0.39, 0.29) is 11.2 Å². The third-order valence-corrected chi connectivity index (χ3v) is 2.88. The van der Waals surface area contributed by atoms with Gasteiger partial charge in [-0.3, -0.25) is 0 Å². The molecule has 1 aromatic carbocycles. The van der Waals surface area contributed by atoms with E-state index >= 15 is 0 Å². The van der Waals surface area contributed by atoms with Gasteiger partial charge in [-0.15, -0.1) is 11.3 Å². The van der Waals surface area contributed by atoms with Gasteiger partial charge in [0.05, 0.1) is 5.69 Å². The van der Waals surface area contributed by atoms with Gasteiger partial charge in [-0.1, -0.05) is 0 Å². The minimum atomic E-state index is -1.84. The van der Waals surface area contributed by atoms with E-state index in [4.69, 9.17) is 15.8 Å². The summed E-state index contributed by atoms with van der Waals surface area (Å²) in [5, 5.41) is 20.3. The molecule has 72 valence electrons. The molecule has 2 rings (SSSR count). The average Bonchev–Trinajstić information content (AvgIpc) is 2.52. The lowest BCUT2D eigenvalue weighted by atomic mass is 9.77. The highest BCUT2D eigenvalue weighted by atomic mass is 32.1. The summed E-state index contributed by atoms with van der Waals surface area (Å²) in [5.74, 6) is -0.758. The largest absolute Gasteiger partial charge is 0.492 e. The van der Waals surface area contributed by atoms with Crippen molar-refractivity contribution in [1.29, 1.82) is 0 Å². The Kier molecular flexibility index (Phi) is 2.18. The number of fused-ring (bicyclic) bond motifs is 1. The molecule has 0 bridgehead atoms. The fourth-order valence-electron chi connectivity index (χ4n) is 1.39. The van der Waals surface area contributed by atoms with Gasteiger partial charge in [0.1, 0.15) is 5.82 Å². The van der Waals surface area contributed by atoms with E-state index < -0.39 is 12.9 Å². The number of anilines is 1. The maximum Gasteiger partial charge on any atom is 0.492 e. The van der Waals surface area contributed by atoms with E-state index in [9.17, 15) is 4.39 Å². The van der Waals surface area contributed by atoms with Crippen LogP contribution < -0.4 is 11.2 Å². The molecule has 0 atom stereocenters. The van der Waals surface area contributed by atoms with Crippen molar-refractivity contribution in [3.8, 4) is 0 Å². The number of benzene rings is 1. The van der Waals surface area contributed by atoms with Gasteiger partial charge in [0, 0.05) is 10.2 Å². The minimum absolute atomic E-state index is 0.0666. The molecule has 2 aromatic rings. The topological polar surface area (TPSA) is 66.5 Å². The number of rotatable bonds is 1. The molecule has 0 saturated heterocycles. The molecule has 1 aromatic heterocycles. The van der Waals surface area contributed by atoms with E-state index in [0.29, 0.717) is 5.39 Å². The standard InChI is InChI=1S/C8H7BFNO2S/c10-8-5(11)3-6-4(1-2-14-6)7(8)9(12)13/h1-3,12-13H,11H2. The Morgan fingerprint density at radius 1 is 1.43 bits per heavy atom. The van der Waals surface area contributed by atoms with E-state index in [0.717, 1.165) is 4.70 Å². The first-order valence-corrected chi connectivity index (χ1v) is 4.80. The predicted octanol–water partition coefficient (Wildman–Crippen LogP) is 0.302. The maximum atomic E-state index is 13.4. The molecule has 0 aliphatic heterocycles. The van der Waals surface area contributed by atoms with Crippen LogP contribution in [0.4, 0.5) is 10.1 Å². The zero-order chi connectivity index (χ0) is 10.3. The molecule has 0 radical (unpaired) electrons. The van der Waals surface area contributed by atoms with Crippen molar-refractivity contribution in [3.63, 3.8) is 0 Å². The molecule has 0 aliphatic rings. The van der Waals surface area contributed by atoms with Crippen molar-refractivity contribution in [2.24, 2.45) is 0 Å². The molecule has 3 nitrogen and oxygen atoms in total. The SMILES string of the molecule is Nc1cc2sccc2c(B(O)O)c1F. The lowest BCUT2D eigenvalue weighted by Crippen LogP contribution is -2.33. The van der Waals surface area contributed by atoms with Crippen LogP contribution in [0.1, 0.15) is 0 Å². The summed E-state index contributed by atoms with van der Waals surface area (Å²) in [5.41, 5.74) is 5.17. The Morgan fingerprint density at radius 2 is 2.14 bits per heavy atom. The molecule has 0 aliphatic carbocycles. The zero-order valence-corrected chi connectivity index (χ0v) is 7.88. The number of hydrogen-bond acceptors (Lipinski definition) is 4. The van der Waals surface area contributed by atoms with E-state index in [2.05, 4.69) is 0 Å². The van der Waals surface area contributed by atoms with Gasteiger partial charge >= 0.3 is 7.12 Å². The van der Waals surface area contributed by atoms with Crippen molar-refractivity contribution in [2.45, 2.75) is 0 Å². The Labute approximate surface area is 83.7 Å². The first-order valence-electron chi connectivity index (χ1n) is 3.92. The van der Waals surface area contributed by atoms with E-state index in [1.54, 1.807) is 11.4 Å². The second-order valence-corrected chi connectivity index (χ2v) is 3.85. The Balaban J connectivity index is 2.86. The zero-order valence-electron chi connectivity index (χ0n) is 7.07. The number of nitrogen functional groups attached to an aromatic ring is 1. The summed E-state index contributed by atoms with van der Waals surface area (Å²) in [7, 11) is -1.84. The molecule has 0 saturated carbocycles. The van der Waals surface area contributed by atoms with Gasteiger partial charge in [0.2, 0.25) is 0 Å². The van der Waals surface area contributed by atoms with Crippen LogP contribution in [0.25, 0.3) is 10.1 Å². The van der Waals surface area contributed by atoms with Crippen LogP contribution in [0.3, 0.4) is 0 Å². The van der Waals surface area contributed by atoms with Crippen molar-refractivity contribution in [1.82, 2.24) is 0 Å². The normalized spacial score (nSPS) is 10.8. The highest BCUT2D eigenvalue weighted by molar-refractivity contribution is 7.17. The van der Waals surface area contributed by atoms with Gasteiger partial charge in [-0.05, 0) is 22.9 Å². The number of thiophene rings is 1. The van der Waals surface area contributed by atoms with Crippen molar-refractivity contribution >= 4 is 39.7 Å². The third-order valence-electron chi connectivity index (χ3n) is 2.02. The fraction of sp³-hybridized carbons (Fsp3) is 0. The Morgan fingerprint density at radius 3 is 2.79 bits per heavy atom. The second kappa shape index (κ2) is 3.23. The summed E-state index contributed by atoms with van der Waals surface area (Å²) in [6.07, 6.45) is 0. The summed E-state index contributed by atoms with van der Waals surface area (Å²) in [6.45, 7) is 0. The van der Waals surface area contributed by atoms with Gasteiger partial charge in [0.25, 0.3) is 0 Å². The molecular formula is C8H7BFNO2S. The average molecular weight is 211 g/mol. The third kappa shape index (κ3) is 1.28. The van der Waals surface area contributed by atoms with Gasteiger partial charge in [-0.2, -0.15) is 0 Å². The van der Waals surface area contributed by atoms with Crippen molar-refractivity contribution < 1.29 is 14.4 Å². The van der Waals surface area contributed by atoms with Gasteiger partial charge < -0.3 is 15.8 Å². The molecule has 0 amide bonds. The molecule has 0 fully saturated rings. The van der Waals surface area contributed by atoms with Crippen LogP contribution in [-0.4, -0.2) is 17.2 Å². The molecule has 4 N–H and O–H groups in total. The van der Waals surface area contributed by atoms with Crippen LogP contribution in [-0.2, 0) is 0 Å². The van der Waals surface area contributed by atoms with Crippen molar-refractivity contribution in [2.75, 3.05) is 5.73 Å². The molecule has 1 heterocycles. The summed E-state index contributed by atoms with van der Waals surface area (Å²) in [4.78, 5) is 0. The number of halogens is 1. The highest BCUT2D eigenvalue weighted by Gasteiger charge is 2.22. The van der Waals surface area contributed by atoms with Crippen molar-refractivity contribution in [3.05, 3.63) is 23.3 Å². The Hall–Kier alpha value is -1.11. The van der Waals surface area contributed by atoms with Gasteiger partial charge in [0.15, 0.2) is 0 Å². The predicted molar refractivity (Wildman–Crippen MR) is 56.0 cm³/mol. The minimum Gasteiger partial charge on any atom is -0.423 e. The van der Waals surface area contributed by atoms with Gasteiger partial charge in [-0.25, -0.2) is 4.39 Å². The molecule has 6 heteroatoms. The highest BCUT2D eigenvalue weighted by Crippen LogP contribution is 2.24. The van der Waals surface area contributed by atoms with E-state index in [1.165, 1.54) is 17.4 Å². The lowest BCUT2D eigenvalue weighted by molar-refractivity contribution is 0.423. The van der Waals surface area contributed by atoms with Crippen LogP contribution in [0.2, 0.25) is 0 Å². The lowest BCUT2D eigenvalue weighted by Gasteiger charge is -2.06. The Bertz CT molecular complexity index is 485. The summed E-state index contributed by atoms with van der Waals surface area (Å²) in [6, 6.07) is 3.12. The summed E-state index contributed by atoms with van der Waals surface area (Å²) < 4.78 is 14.2. The first kappa shape index (κ1) is 9.45. The molecule has 0 unspecified atom stereocenters. The fourth-order valence-corrected chi connectivity index (χ4v) is 2.24. The maximum absolute atomic E-state index is 13.4. The summed E-state index contributed by atoms with van der Waals surface area (Å²) >= 11 is 1.37. The molecule has 14 heavy (non-hydrogen) atoms. The quantitative estimate of drug-likeness (QED) is 0.469. The number of nitrogens with two attached hydrogens (primary N) is 1. The molecular weight excluding hydrogens is 204 g/mol. The smallest absolute Gasteiger partial charge is 0.423 e. The van der Waals surface area contributed by atoms with Crippen LogP contribution in [0.15, 0.2) is 17.5 Å². The number of hydrogen-bond donors (Lipinski definition) is 3.